The molecule has 2 atom stereocenters. The molecule has 80 valence electrons. The third kappa shape index (κ3) is 1.94. The van der Waals surface area contributed by atoms with E-state index < -0.39 is 0 Å². The first-order valence-corrected chi connectivity index (χ1v) is 7.23. The first kappa shape index (κ1) is 10.1. The smallest absolute Gasteiger partial charge is 0.0233 e. The fourth-order valence-electron chi connectivity index (χ4n) is 2.94. The third-order valence-corrected chi connectivity index (χ3v) is 4.89. The number of piperidine rings is 1. The van der Waals surface area contributed by atoms with Gasteiger partial charge in [0.05, 0.1) is 0 Å². The molecule has 0 bridgehead atoms. The largest absolute Gasteiger partial charge is 0.298 e. The van der Waals surface area contributed by atoms with Gasteiger partial charge in [-0.2, -0.15) is 0 Å². The third-order valence-electron chi connectivity index (χ3n) is 3.87. The zero-order valence-electron chi connectivity index (χ0n) is 8.77. The number of nitrogens with zero attached hydrogens (tertiary/aromatic N) is 1. The Morgan fingerprint density at radius 2 is 1.80 bits per heavy atom. The van der Waals surface area contributed by atoms with Crippen molar-refractivity contribution in [1.29, 1.82) is 0 Å². The second-order valence-electron chi connectivity index (χ2n) is 4.83. The second-order valence-corrected chi connectivity index (χ2v) is 5.71. The molecule has 0 aromatic heterocycles. The van der Waals surface area contributed by atoms with Gasteiger partial charge in [0.1, 0.15) is 0 Å². The summed E-state index contributed by atoms with van der Waals surface area (Å²) in [7, 11) is 0. The van der Waals surface area contributed by atoms with E-state index in [4.69, 9.17) is 0 Å². The van der Waals surface area contributed by atoms with Gasteiger partial charge in [-0.1, -0.05) is 52.9 Å². The number of hydrogen-bond donors (Lipinski definition) is 0. The van der Waals surface area contributed by atoms with E-state index >= 15 is 0 Å². The Morgan fingerprint density at radius 1 is 1.13 bits per heavy atom. The average Bonchev–Trinajstić information content (AvgIpc) is 2.75. The van der Waals surface area contributed by atoms with Crippen molar-refractivity contribution < 1.29 is 0 Å². The molecule has 0 radical (unpaired) electrons. The van der Waals surface area contributed by atoms with Crippen LogP contribution in [0.3, 0.4) is 0 Å². The molecule has 1 aromatic carbocycles. The standard InChI is InChI=1S/C13H16IN/c14-6-11-12-8-15(9-13(11)12)7-10-4-2-1-3-5-10/h1-5,11-13H,6-9H2. The molecule has 0 spiro atoms. The lowest BCUT2D eigenvalue weighted by molar-refractivity contribution is 0.283. The van der Waals surface area contributed by atoms with Crippen LogP contribution < -0.4 is 0 Å². The van der Waals surface area contributed by atoms with E-state index in [1.165, 1.54) is 23.1 Å². The first-order chi connectivity index (χ1) is 7.38. The van der Waals surface area contributed by atoms with Gasteiger partial charge >= 0.3 is 0 Å². The minimum Gasteiger partial charge on any atom is -0.298 e. The van der Waals surface area contributed by atoms with Crippen molar-refractivity contribution >= 4 is 22.6 Å². The number of fused-ring (bicyclic) bond motifs is 1. The van der Waals surface area contributed by atoms with E-state index in [0.29, 0.717) is 0 Å². The molecule has 2 unspecified atom stereocenters. The van der Waals surface area contributed by atoms with Crippen LogP contribution in [-0.4, -0.2) is 22.4 Å². The molecule has 2 heteroatoms. The summed E-state index contributed by atoms with van der Waals surface area (Å²) in [5.74, 6) is 3.12. The van der Waals surface area contributed by atoms with E-state index in [9.17, 15) is 0 Å². The van der Waals surface area contributed by atoms with E-state index in [1.54, 1.807) is 0 Å². The van der Waals surface area contributed by atoms with Gasteiger partial charge in [0, 0.05) is 24.1 Å². The summed E-state index contributed by atoms with van der Waals surface area (Å²) in [5.41, 5.74) is 1.46. The highest BCUT2D eigenvalue weighted by atomic mass is 127. The van der Waals surface area contributed by atoms with Gasteiger partial charge in [0.2, 0.25) is 0 Å². The van der Waals surface area contributed by atoms with Crippen molar-refractivity contribution in [3.63, 3.8) is 0 Å². The molecule has 1 saturated carbocycles. The van der Waals surface area contributed by atoms with Crippen LogP contribution in [0.4, 0.5) is 0 Å². The average molecular weight is 313 g/mol. The number of alkyl halides is 1. The molecule has 1 saturated heterocycles. The van der Waals surface area contributed by atoms with Crippen LogP contribution in [0, 0.1) is 17.8 Å². The van der Waals surface area contributed by atoms with E-state index in [0.717, 1.165) is 24.3 Å². The quantitative estimate of drug-likeness (QED) is 0.613. The van der Waals surface area contributed by atoms with Gasteiger partial charge in [-0.05, 0) is 23.3 Å². The van der Waals surface area contributed by atoms with Gasteiger partial charge < -0.3 is 0 Å². The molecular weight excluding hydrogens is 297 g/mol. The molecule has 15 heavy (non-hydrogen) atoms. The number of halogens is 1. The summed E-state index contributed by atoms with van der Waals surface area (Å²) in [6, 6.07) is 10.8. The van der Waals surface area contributed by atoms with Gasteiger partial charge in [0.15, 0.2) is 0 Å². The maximum absolute atomic E-state index is 2.62. The topological polar surface area (TPSA) is 3.24 Å². The van der Waals surface area contributed by atoms with Crippen molar-refractivity contribution in [2.24, 2.45) is 17.8 Å². The van der Waals surface area contributed by atoms with Crippen LogP contribution in [0.1, 0.15) is 5.56 Å². The predicted octanol–water partition coefficient (Wildman–Crippen LogP) is 2.80. The lowest BCUT2D eigenvalue weighted by Crippen LogP contribution is -2.24. The number of likely N-dealkylation sites (tertiary alicyclic amines) is 1. The predicted molar refractivity (Wildman–Crippen MR) is 71.1 cm³/mol. The van der Waals surface area contributed by atoms with Crippen LogP contribution in [-0.2, 0) is 6.54 Å². The molecule has 0 amide bonds. The van der Waals surface area contributed by atoms with Crippen LogP contribution >= 0.6 is 22.6 Å². The molecule has 0 N–H and O–H groups in total. The van der Waals surface area contributed by atoms with Crippen LogP contribution in [0.5, 0.6) is 0 Å². The molecular formula is C13H16IN. The van der Waals surface area contributed by atoms with E-state index in [-0.39, 0.29) is 0 Å². The van der Waals surface area contributed by atoms with Gasteiger partial charge in [-0.15, -0.1) is 0 Å². The lowest BCUT2D eigenvalue weighted by Gasteiger charge is -2.18. The van der Waals surface area contributed by atoms with Crippen LogP contribution in [0.15, 0.2) is 30.3 Å². The highest BCUT2D eigenvalue weighted by molar-refractivity contribution is 14.1. The molecule has 2 fully saturated rings. The van der Waals surface area contributed by atoms with Crippen molar-refractivity contribution in [2.75, 3.05) is 17.5 Å². The molecule has 1 aliphatic heterocycles. The fourth-order valence-corrected chi connectivity index (χ4v) is 4.24. The summed E-state index contributed by atoms with van der Waals surface area (Å²) in [6.07, 6.45) is 0. The highest BCUT2D eigenvalue weighted by Gasteiger charge is 2.54. The van der Waals surface area contributed by atoms with Crippen molar-refractivity contribution in [3.8, 4) is 0 Å². The van der Waals surface area contributed by atoms with Gasteiger partial charge in [-0.25, -0.2) is 0 Å². The van der Waals surface area contributed by atoms with Crippen molar-refractivity contribution in [2.45, 2.75) is 6.54 Å². The van der Waals surface area contributed by atoms with E-state index in [1.807, 2.05) is 0 Å². The Balaban J connectivity index is 1.56. The normalized spacial score (nSPS) is 34.1. The summed E-state index contributed by atoms with van der Waals surface area (Å²) in [5, 5.41) is 0. The van der Waals surface area contributed by atoms with Gasteiger partial charge in [0.25, 0.3) is 0 Å². The number of benzene rings is 1. The zero-order valence-corrected chi connectivity index (χ0v) is 10.9. The molecule has 1 aromatic rings. The Morgan fingerprint density at radius 3 is 2.40 bits per heavy atom. The van der Waals surface area contributed by atoms with E-state index in [2.05, 4.69) is 57.8 Å². The molecule has 1 aliphatic carbocycles. The summed E-state index contributed by atoms with van der Waals surface area (Å²) >= 11 is 2.54. The maximum Gasteiger partial charge on any atom is 0.0233 e. The number of hydrogen-bond acceptors (Lipinski definition) is 1. The Kier molecular flexibility index (Phi) is 2.73. The Hall–Kier alpha value is -0.0900. The number of rotatable bonds is 3. The SMILES string of the molecule is ICC1C2CN(Cc3ccccc3)CC12. The minimum absolute atomic E-state index is 1.03. The first-order valence-electron chi connectivity index (χ1n) is 5.70. The summed E-state index contributed by atoms with van der Waals surface area (Å²) in [6.45, 7) is 3.84. The molecule has 1 heterocycles. The Labute approximate surface area is 105 Å². The molecule has 3 rings (SSSR count). The zero-order chi connectivity index (χ0) is 10.3. The second kappa shape index (κ2) is 4.06. The minimum atomic E-state index is 1.03. The summed E-state index contributed by atoms with van der Waals surface area (Å²) < 4.78 is 1.37. The summed E-state index contributed by atoms with van der Waals surface area (Å²) in [4.78, 5) is 2.62. The molecule has 2 aliphatic rings. The monoisotopic (exact) mass is 313 g/mol. The molecule has 1 nitrogen and oxygen atoms in total. The Bertz CT molecular complexity index is 326. The van der Waals surface area contributed by atoms with Gasteiger partial charge in [-0.3, -0.25) is 4.90 Å². The maximum atomic E-state index is 2.62. The van der Waals surface area contributed by atoms with Crippen molar-refractivity contribution in [3.05, 3.63) is 35.9 Å². The highest BCUT2D eigenvalue weighted by Crippen LogP contribution is 2.52. The fraction of sp³-hybridized carbons (Fsp3) is 0.538. The van der Waals surface area contributed by atoms with Crippen molar-refractivity contribution in [1.82, 2.24) is 4.90 Å². The van der Waals surface area contributed by atoms with Crippen LogP contribution in [0.2, 0.25) is 0 Å². The van der Waals surface area contributed by atoms with Crippen LogP contribution in [0.25, 0.3) is 0 Å². The lowest BCUT2D eigenvalue weighted by atomic mass is 10.2.